The molecule has 0 bridgehead atoms. The van der Waals surface area contributed by atoms with Crippen LogP contribution in [-0.2, 0) is 19.7 Å². The summed E-state index contributed by atoms with van der Waals surface area (Å²) in [6.45, 7) is 6.48. The highest BCUT2D eigenvalue weighted by Gasteiger charge is 2.45. The van der Waals surface area contributed by atoms with Crippen molar-refractivity contribution in [3.05, 3.63) is 29.8 Å². The van der Waals surface area contributed by atoms with Crippen LogP contribution in [-0.4, -0.2) is 46.2 Å². The Labute approximate surface area is 133 Å². The Balaban J connectivity index is 2.32. The molecule has 1 saturated heterocycles. The zero-order chi connectivity index (χ0) is 16.5. The highest BCUT2D eigenvalue weighted by atomic mass is 32.2. The van der Waals surface area contributed by atoms with Crippen LogP contribution in [0.4, 0.5) is 0 Å². The van der Waals surface area contributed by atoms with E-state index in [1.54, 1.807) is 24.3 Å². The molecule has 7 heteroatoms. The number of sulfone groups is 2. The Kier molecular flexibility index (Phi) is 4.99. The molecule has 2 atom stereocenters. The zero-order valence-corrected chi connectivity index (χ0v) is 14.7. The summed E-state index contributed by atoms with van der Waals surface area (Å²) in [5, 5.41) is 2.20. The molecular formula is C15H23NO4S2. The van der Waals surface area contributed by atoms with Gasteiger partial charge in [-0.25, -0.2) is 16.8 Å². The number of hydrogen-bond donors (Lipinski definition) is 1. The minimum absolute atomic E-state index is 0.116. The van der Waals surface area contributed by atoms with Crippen molar-refractivity contribution in [1.82, 2.24) is 5.32 Å². The quantitative estimate of drug-likeness (QED) is 0.867. The van der Waals surface area contributed by atoms with Crippen LogP contribution in [0.2, 0.25) is 0 Å². The van der Waals surface area contributed by atoms with Gasteiger partial charge in [-0.05, 0) is 31.5 Å². The number of benzene rings is 1. The van der Waals surface area contributed by atoms with Gasteiger partial charge in [-0.2, -0.15) is 0 Å². The van der Waals surface area contributed by atoms with Gasteiger partial charge in [-0.3, -0.25) is 0 Å². The molecule has 0 radical (unpaired) electrons. The molecule has 22 heavy (non-hydrogen) atoms. The molecule has 0 aromatic heterocycles. The van der Waals surface area contributed by atoms with E-state index in [9.17, 15) is 16.8 Å². The van der Waals surface area contributed by atoms with Gasteiger partial charge in [-0.1, -0.05) is 31.5 Å². The highest BCUT2D eigenvalue weighted by Crippen LogP contribution is 2.26. The van der Waals surface area contributed by atoms with Gasteiger partial charge in [0.25, 0.3) is 0 Å². The second kappa shape index (κ2) is 6.29. The van der Waals surface area contributed by atoms with Crippen LogP contribution >= 0.6 is 0 Å². The maximum Gasteiger partial charge on any atom is 0.183 e. The molecule has 1 heterocycles. The van der Waals surface area contributed by atoms with Crippen molar-refractivity contribution in [2.24, 2.45) is 5.92 Å². The topological polar surface area (TPSA) is 80.3 Å². The summed E-state index contributed by atoms with van der Waals surface area (Å²) >= 11 is 0. The van der Waals surface area contributed by atoms with Crippen molar-refractivity contribution in [2.75, 3.05) is 18.1 Å². The largest absolute Gasteiger partial charge is 0.311 e. The number of rotatable bonds is 5. The lowest BCUT2D eigenvalue weighted by atomic mass is 10.2. The molecule has 1 aliphatic heterocycles. The van der Waals surface area contributed by atoms with E-state index >= 15 is 0 Å². The second-order valence-electron chi connectivity index (χ2n) is 6.38. The summed E-state index contributed by atoms with van der Waals surface area (Å²) in [4.78, 5) is 0.191. The molecule has 2 rings (SSSR count). The Morgan fingerprint density at radius 1 is 1.18 bits per heavy atom. The first-order chi connectivity index (χ1) is 10.1. The normalized spacial score (nSPS) is 24.7. The molecule has 5 nitrogen and oxygen atoms in total. The van der Waals surface area contributed by atoms with E-state index in [1.807, 2.05) is 20.8 Å². The third-order valence-corrected chi connectivity index (χ3v) is 8.00. The van der Waals surface area contributed by atoms with Crippen molar-refractivity contribution < 1.29 is 16.8 Å². The van der Waals surface area contributed by atoms with Gasteiger partial charge < -0.3 is 5.32 Å². The van der Waals surface area contributed by atoms with Gasteiger partial charge in [-0.15, -0.1) is 0 Å². The SMILES string of the molecule is Cc1ccc(S(=O)(=O)[C@H]2CS(=O)(=O)C[C@@H]2NCC(C)C)cc1. The van der Waals surface area contributed by atoms with Crippen molar-refractivity contribution in [3.8, 4) is 0 Å². The van der Waals surface area contributed by atoms with Gasteiger partial charge in [0.15, 0.2) is 19.7 Å². The molecular weight excluding hydrogens is 322 g/mol. The fourth-order valence-electron chi connectivity index (χ4n) is 2.60. The van der Waals surface area contributed by atoms with Crippen LogP contribution in [0.5, 0.6) is 0 Å². The molecule has 0 amide bonds. The Morgan fingerprint density at radius 3 is 2.32 bits per heavy atom. The van der Waals surface area contributed by atoms with Gasteiger partial charge >= 0.3 is 0 Å². The summed E-state index contributed by atoms with van der Waals surface area (Å²) in [6.07, 6.45) is 0. The molecule has 0 unspecified atom stereocenters. The first kappa shape index (κ1) is 17.4. The summed E-state index contributed by atoms with van der Waals surface area (Å²) in [5.41, 5.74) is 0.965. The maximum absolute atomic E-state index is 12.8. The lowest BCUT2D eigenvalue weighted by Gasteiger charge is -2.21. The van der Waals surface area contributed by atoms with Gasteiger partial charge in [0.2, 0.25) is 0 Å². The smallest absolute Gasteiger partial charge is 0.183 e. The van der Waals surface area contributed by atoms with E-state index in [4.69, 9.17) is 0 Å². The van der Waals surface area contributed by atoms with E-state index in [1.165, 1.54) is 0 Å². The summed E-state index contributed by atoms with van der Waals surface area (Å²) in [7, 11) is -7.00. The monoisotopic (exact) mass is 345 g/mol. The molecule has 1 N–H and O–H groups in total. The standard InChI is InChI=1S/C15H23NO4S2/c1-11(2)8-16-14-9-21(17,18)10-15(14)22(19,20)13-6-4-12(3)5-7-13/h4-7,11,14-16H,8-10H2,1-3H3/t14-,15-/m0/s1. The van der Waals surface area contributed by atoms with Crippen molar-refractivity contribution in [1.29, 1.82) is 0 Å². The molecule has 1 aromatic carbocycles. The molecule has 1 aliphatic rings. The predicted octanol–water partition coefficient (Wildman–Crippen LogP) is 1.18. The van der Waals surface area contributed by atoms with E-state index in [2.05, 4.69) is 5.32 Å². The molecule has 0 saturated carbocycles. The van der Waals surface area contributed by atoms with Gasteiger partial charge in [0.1, 0.15) is 0 Å². The minimum Gasteiger partial charge on any atom is -0.311 e. The molecule has 1 aromatic rings. The third-order valence-electron chi connectivity index (χ3n) is 3.84. The molecule has 124 valence electrons. The maximum atomic E-state index is 12.8. The van der Waals surface area contributed by atoms with E-state index in [0.29, 0.717) is 12.5 Å². The molecule has 0 spiro atoms. The fourth-order valence-corrected chi connectivity index (χ4v) is 7.32. The summed E-state index contributed by atoms with van der Waals surface area (Å²) in [6, 6.07) is 6.02. The van der Waals surface area contributed by atoms with Crippen LogP contribution in [0.15, 0.2) is 29.2 Å². The molecule has 1 fully saturated rings. The van der Waals surface area contributed by atoms with E-state index in [0.717, 1.165) is 5.56 Å². The van der Waals surface area contributed by atoms with Crippen molar-refractivity contribution in [2.45, 2.75) is 37.0 Å². The van der Waals surface area contributed by atoms with Crippen molar-refractivity contribution in [3.63, 3.8) is 0 Å². The Hall–Kier alpha value is -0.920. The lowest BCUT2D eigenvalue weighted by Crippen LogP contribution is -2.44. The Morgan fingerprint density at radius 2 is 1.77 bits per heavy atom. The van der Waals surface area contributed by atoms with Crippen LogP contribution < -0.4 is 5.32 Å². The average Bonchev–Trinajstić information content (AvgIpc) is 2.73. The second-order valence-corrected chi connectivity index (χ2v) is 10.7. The van der Waals surface area contributed by atoms with Gasteiger partial charge in [0, 0.05) is 6.04 Å². The van der Waals surface area contributed by atoms with Crippen LogP contribution in [0.25, 0.3) is 0 Å². The number of aryl methyl sites for hydroxylation is 1. The molecule has 0 aliphatic carbocycles. The first-order valence-corrected chi connectivity index (χ1v) is 10.7. The van der Waals surface area contributed by atoms with E-state index in [-0.39, 0.29) is 16.4 Å². The Bertz CT molecular complexity index is 721. The van der Waals surface area contributed by atoms with Crippen LogP contribution in [0, 0.1) is 12.8 Å². The van der Waals surface area contributed by atoms with Gasteiger partial charge in [0.05, 0.1) is 21.7 Å². The highest BCUT2D eigenvalue weighted by molar-refractivity contribution is 7.96. The van der Waals surface area contributed by atoms with Crippen LogP contribution in [0.1, 0.15) is 19.4 Å². The zero-order valence-electron chi connectivity index (χ0n) is 13.1. The number of nitrogens with one attached hydrogen (secondary N) is 1. The predicted molar refractivity (Wildman–Crippen MR) is 87.4 cm³/mol. The van der Waals surface area contributed by atoms with Crippen LogP contribution in [0.3, 0.4) is 0 Å². The third kappa shape index (κ3) is 3.88. The number of hydrogen-bond acceptors (Lipinski definition) is 5. The fraction of sp³-hybridized carbons (Fsp3) is 0.600. The summed E-state index contributed by atoms with van der Waals surface area (Å²) in [5.74, 6) is -0.0971. The van der Waals surface area contributed by atoms with Crippen molar-refractivity contribution >= 4 is 19.7 Å². The average molecular weight is 345 g/mol. The summed E-state index contributed by atoms with van der Waals surface area (Å²) < 4.78 is 49.4. The minimum atomic E-state index is -3.67. The van der Waals surface area contributed by atoms with E-state index < -0.39 is 31.0 Å². The lowest BCUT2D eigenvalue weighted by molar-refractivity contribution is 0.480. The first-order valence-electron chi connectivity index (χ1n) is 7.36.